The first-order chi connectivity index (χ1) is 17.3. The molecule has 36 heavy (non-hydrogen) atoms. The van der Waals surface area contributed by atoms with E-state index in [2.05, 4.69) is 9.71 Å². The Morgan fingerprint density at radius 3 is 2.61 bits per heavy atom. The van der Waals surface area contributed by atoms with E-state index in [9.17, 15) is 13.2 Å². The Hall–Kier alpha value is -2.42. The fourth-order valence-corrected chi connectivity index (χ4v) is 7.54. The molecule has 5 rings (SSSR count). The van der Waals surface area contributed by atoms with Crippen LogP contribution in [0.2, 0.25) is 5.28 Å². The first kappa shape index (κ1) is 25.2. The van der Waals surface area contributed by atoms with E-state index >= 15 is 0 Å². The number of imidazole rings is 1. The summed E-state index contributed by atoms with van der Waals surface area (Å²) in [5.74, 6) is 1.04. The van der Waals surface area contributed by atoms with Gasteiger partial charge in [0.1, 0.15) is 6.04 Å². The molecule has 3 atom stereocenters. The average molecular weight is 529 g/mol. The summed E-state index contributed by atoms with van der Waals surface area (Å²) in [6.45, 7) is 3.73. The quantitative estimate of drug-likeness (QED) is 0.478. The highest BCUT2D eigenvalue weighted by molar-refractivity contribution is 7.89. The number of likely N-dealkylation sites (tertiary alicyclic amines) is 1. The number of fused-ring (bicyclic) bond motifs is 2. The summed E-state index contributed by atoms with van der Waals surface area (Å²) in [7, 11) is -3.97. The van der Waals surface area contributed by atoms with Crippen molar-refractivity contribution in [3.63, 3.8) is 0 Å². The smallest absolute Gasteiger partial charge is 0.241 e. The van der Waals surface area contributed by atoms with Gasteiger partial charge in [0.15, 0.2) is 0 Å². The molecule has 2 aliphatic rings. The summed E-state index contributed by atoms with van der Waals surface area (Å²) >= 11 is 6.15. The zero-order chi connectivity index (χ0) is 25.3. The van der Waals surface area contributed by atoms with Crippen LogP contribution in [0.3, 0.4) is 0 Å². The van der Waals surface area contributed by atoms with Crippen molar-refractivity contribution in [2.45, 2.75) is 62.9 Å². The largest absolute Gasteiger partial charge is 0.341 e. The van der Waals surface area contributed by atoms with E-state index < -0.39 is 16.1 Å². The number of carbonyl (C=O) groups excluding carboxylic acids is 1. The number of rotatable bonds is 7. The number of sulfonamides is 1. The van der Waals surface area contributed by atoms with Crippen molar-refractivity contribution in [1.29, 1.82) is 0 Å². The number of benzene rings is 2. The molecule has 1 N–H and O–H groups in total. The van der Waals surface area contributed by atoms with Gasteiger partial charge >= 0.3 is 0 Å². The number of hydrogen-bond donors (Lipinski definition) is 1. The molecule has 1 amide bonds. The van der Waals surface area contributed by atoms with Crippen molar-refractivity contribution in [3.05, 3.63) is 59.6 Å². The van der Waals surface area contributed by atoms with Crippen LogP contribution in [0.15, 0.2) is 53.7 Å². The second kappa shape index (κ2) is 10.5. The molecule has 1 saturated heterocycles. The SMILES string of the molecule is Cc1ccc(S(=O)(=O)NC(CCn2ccnc2Cl)C(=O)N2CC[C@@H]3CCCC[C@@H]3C2)c2ccccc12. The molecule has 1 saturated carbocycles. The minimum absolute atomic E-state index is 0.157. The van der Waals surface area contributed by atoms with Crippen LogP contribution in [0.1, 0.15) is 44.1 Å². The molecule has 2 aromatic carbocycles. The van der Waals surface area contributed by atoms with Gasteiger partial charge in [-0.3, -0.25) is 4.79 Å². The minimum atomic E-state index is -3.97. The number of carbonyl (C=O) groups is 1. The zero-order valence-corrected chi connectivity index (χ0v) is 22.1. The number of nitrogens with zero attached hydrogens (tertiary/aromatic N) is 3. The summed E-state index contributed by atoms with van der Waals surface area (Å²) < 4.78 is 31.9. The van der Waals surface area contributed by atoms with Crippen molar-refractivity contribution in [1.82, 2.24) is 19.2 Å². The van der Waals surface area contributed by atoms with Gasteiger partial charge in [-0.15, -0.1) is 0 Å². The molecule has 3 aromatic rings. The molecular weight excluding hydrogens is 496 g/mol. The molecule has 0 spiro atoms. The van der Waals surface area contributed by atoms with Crippen molar-refractivity contribution in [3.8, 4) is 0 Å². The van der Waals surface area contributed by atoms with Gasteiger partial charge in [-0.2, -0.15) is 4.72 Å². The van der Waals surface area contributed by atoms with Crippen LogP contribution in [-0.4, -0.2) is 47.9 Å². The Balaban J connectivity index is 1.42. The van der Waals surface area contributed by atoms with Crippen molar-refractivity contribution < 1.29 is 13.2 Å². The molecule has 1 unspecified atom stereocenters. The second-order valence-electron chi connectivity index (χ2n) is 10.2. The van der Waals surface area contributed by atoms with Gasteiger partial charge < -0.3 is 9.47 Å². The van der Waals surface area contributed by atoms with E-state index in [1.165, 1.54) is 19.3 Å². The van der Waals surface area contributed by atoms with E-state index in [1.54, 1.807) is 23.0 Å². The molecule has 1 aromatic heterocycles. The van der Waals surface area contributed by atoms with Crippen LogP contribution in [0.4, 0.5) is 0 Å². The first-order valence-corrected chi connectivity index (χ1v) is 14.7. The standard InChI is InChI=1S/C27H33ClN4O3S/c1-19-10-11-25(23-9-5-4-8-22(19)23)36(34,35)30-24(13-16-31-17-14-29-27(31)28)26(33)32-15-12-20-6-2-3-7-21(20)18-32/h4-5,8-11,14,17,20-21,24,30H,2-3,6-7,12-13,15-16,18H2,1H3/t20-,21+,24?/m0/s1. The summed E-state index contributed by atoms with van der Waals surface area (Å²) in [6, 6.07) is 10.0. The van der Waals surface area contributed by atoms with Gasteiger partial charge in [-0.1, -0.05) is 49.6 Å². The molecule has 9 heteroatoms. The Bertz CT molecular complexity index is 1360. The van der Waals surface area contributed by atoms with Gasteiger partial charge in [0, 0.05) is 37.4 Å². The van der Waals surface area contributed by atoms with Gasteiger partial charge in [-0.05, 0) is 66.6 Å². The Morgan fingerprint density at radius 1 is 1.11 bits per heavy atom. The zero-order valence-electron chi connectivity index (χ0n) is 20.6. The molecule has 2 fully saturated rings. The number of nitrogens with one attached hydrogen (secondary N) is 1. The first-order valence-electron chi connectivity index (χ1n) is 12.8. The Morgan fingerprint density at radius 2 is 1.86 bits per heavy atom. The number of hydrogen-bond acceptors (Lipinski definition) is 4. The van der Waals surface area contributed by atoms with E-state index in [0.29, 0.717) is 42.1 Å². The highest BCUT2D eigenvalue weighted by atomic mass is 35.5. The van der Waals surface area contributed by atoms with Crippen molar-refractivity contribution in [2.24, 2.45) is 11.8 Å². The van der Waals surface area contributed by atoms with Crippen LogP contribution >= 0.6 is 11.6 Å². The maximum absolute atomic E-state index is 13.8. The monoisotopic (exact) mass is 528 g/mol. The van der Waals surface area contributed by atoms with Crippen LogP contribution in [0.5, 0.6) is 0 Å². The topological polar surface area (TPSA) is 84.3 Å². The lowest BCUT2D eigenvalue weighted by atomic mass is 9.75. The molecular formula is C27H33ClN4O3S. The van der Waals surface area contributed by atoms with E-state index in [1.807, 2.05) is 42.2 Å². The third-order valence-electron chi connectivity index (χ3n) is 7.91. The summed E-state index contributed by atoms with van der Waals surface area (Å²) in [5, 5.41) is 1.85. The molecule has 192 valence electrons. The lowest BCUT2D eigenvalue weighted by Gasteiger charge is -2.42. The Labute approximate surface area is 217 Å². The van der Waals surface area contributed by atoms with E-state index in [4.69, 9.17) is 11.6 Å². The fourth-order valence-electron chi connectivity index (χ4n) is 5.91. The molecule has 0 bridgehead atoms. The normalized spacial score (nSPS) is 21.3. The number of aromatic nitrogens is 2. The number of amides is 1. The summed E-state index contributed by atoms with van der Waals surface area (Å²) in [4.78, 5) is 19.9. The van der Waals surface area contributed by atoms with Crippen LogP contribution in [-0.2, 0) is 21.4 Å². The maximum Gasteiger partial charge on any atom is 0.241 e. The van der Waals surface area contributed by atoms with Crippen molar-refractivity contribution >= 4 is 38.3 Å². The molecule has 0 radical (unpaired) electrons. The van der Waals surface area contributed by atoms with Crippen LogP contribution in [0, 0.1) is 18.8 Å². The molecule has 1 aliphatic carbocycles. The highest BCUT2D eigenvalue weighted by Crippen LogP contribution is 2.36. The fraction of sp³-hybridized carbons (Fsp3) is 0.481. The van der Waals surface area contributed by atoms with Gasteiger partial charge in [-0.25, -0.2) is 13.4 Å². The van der Waals surface area contributed by atoms with Crippen LogP contribution < -0.4 is 4.72 Å². The number of aryl methyl sites for hydroxylation is 2. The molecule has 7 nitrogen and oxygen atoms in total. The van der Waals surface area contributed by atoms with Gasteiger partial charge in [0.05, 0.1) is 4.90 Å². The lowest BCUT2D eigenvalue weighted by Crippen LogP contribution is -2.53. The van der Waals surface area contributed by atoms with E-state index in [0.717, 1.165) is 23.8 Å². The number of piperidine rings is 1. The highest BCUT2D eigenvalue weighted by Gasteiger charge is 2.36. The average Bonchev–Trinajstić information content (AvgIpc) is 3.30. The third-order valence-corrected chi connectivity index (χ3v) is 9.76. The van der Waals surface area contributed by atoms with Gasteiger partial charge in [0.25, 0.3) is 0 Å². The Kier molecular flexibility index (Phi) is 7.37. The molecule has 1 aliphatic heterocycles. The third kappa shape index (κ3) is 5.17. The second-order valence-corrected chi connectivity index (χ2v) is 12.2. The predicted molar refractivity (Wildman–Crippen MR) is 141 cm³/mol. The van der Waals surface area contributed by atoms with Crippen molar-refractivity contribution in [2.75, 3.05) is 13.1 Å². The predicted octanol–water partition coefficient (Wildman–Crippen LogP) is 4.77. The number of halogens is 1. The van der Waals surface area contributed by atoms with Crippen LogP contribution in [0.25, 0.3) is 10.8 Å². The summed E-state index contributed by atoms with van der Waals surface area (Å²) in [6.07, 6.45) is 9.46. The molecule has 2 heterocycles. The van der Waals surface area contributed by atoms with Gasteiger partial charge in [0.2, 0.25) is 21.2 Å². The maximum atomic E-state index is 13.8. The summed E-state index contributed by atoms with van der Waals surface area (Å²) in [5.41, 5.74) is 1.00. The minimum Gasteiger partial charge on any atom is -0.341 e. The van der Waals surface area contributed by atoms with E-state index in [-0.39, 0.29) is 17.2 Å². The lowest BCUT2D eigenvalue weighted by molar-refractivity contribution is -0.136.